The summed E-state index contributed by atoms with van der Waals surface area (Å²) in [7, 11) is 0. The van der Waals surface area contributed by atoms with Crippen molar-refractivity contribution >= 4 is 23.2 Å². The number of hydrogen-bond donors (Lipinski definition) is 0. The second kappa shape index (κ2) is 3.90. The minimum atomic E-state index is -0.315. The van der Waals surface area contributed by atoms with Crippen LogP contribution in [0.2, 0.25) is 5.02 Å². The number of nitrogens with zero attached hydrogens (tertiary/aromatic N) is 2. The van der Waals surface area contributed by atoms with E-state index in [2.05, 4.69) is 4.98 Å². The van der Waals surface area contributed by atoms with Crippen molar-refractivity contribution in [2.24, 2.45) is 0 Å². The number of carbonyl (C=O) groups is 1. The molecule has 0 bridgehead atoms. The molecule has 0 aliphatic carbocycles. The Labute approximate surface area is 91.4 Å². The number of hydrogen-bond acceptors (Lipinski definition) is 3. The third kappa shape index (κ3) is 2.27. The highest BCUT2D eigenvalue weighted by Crippen LogP contribution is 2.12. The molecule has 2 aromatic heterocycles. The average molecular weight is 225 g/mol. The summed E-state index contributed by atoms with van der Waals surface area (Å²) >= 11 is 5.82. The van der Waals surface area contributed by atoms with Gasteiger partial charge in [-0.1, -0.05) is 11.6 Å². The minimum absolute atomic E-state index is 0.189. The molecule has 0 amide bonds. The quantitative estimate of drug-likeness (QED) is 0.734. The zero-order valence-electron chi connectivity index (χ0n) is 8.11. The van der Waals surface area contributed by atoms with Crippen molar-refractivity contribution in [2.45, 2.75) is 13.5 Å². The summed E-state index contributed by atoms with van der Waals surface area (Å²) in [4.78, 5) is 14.9. The summed E-state index contributed by atoms with van der Waals surface area (Å²) in [5.41, 5.74) is 1.48. The van der Waals surface area contributed by atoms with Gasteiger partial charge in [0.05, 0.1) is 10.7 Å². The van der Waals surface area contributed by atoms with Crippen LogP contribution >= 0.6 is 11.6 Å². The second-order valence-electron chi connectivity index (χ2n) is 3.13. The molecule has 0 atom stereocenters. The van der Waals surface area contributed by atoms with Crippen LogP contribution in [0.1, 0.15) is 12.6 Å². The van der Waals surface area contributed by atoms with Gasteiger partial charge in [-0.3, -0.25) is 4.79 Å². The van der Waals surface area contributed by atoms with E-state index in [0.717, 1.165) is 5.65 Å². The van der Waals surface area contributed by atoms with Gasteiger partial charge in [0.2, 0.25) is 0 Å². The fourth-order valence-corrected chi connectivity index (χ4v) is 1.43. The first kappa shape index (κ1) is 9.98. The molecule has 0 unspecified atom stereocenters. The summed E-state index contributed by atoms with van der Waals surface area (Å²) < 4.78 is 6.63. The molecule has 0 saturated carbocycles. The van der Waals surface area contributed by atoms with Gasteiger partial charge in [-0.2, -0.15) is 0 Å². The maximum atomic E-state index is 10.6. The molecule has 2 aromatic rings. The van der Waals surface area contributed by atoms with E-state index in [0.29, 0.717) is 10.7 Å². The van der Waals surface area contributed by atoms with Gasteiger partial charge in [-0.15, -0.1) is 0 Å². The van der Waals surface area contributed by atoms with Gasteiger partial charge in [-0.05, 0) is 12.1 Å². The van der Waals surface area contributed by atoms with Crippen LogP contribution in [-0.4, -0.2) is 15.4 Å². The molecule has 0 aliphatic heterocycles. The fourth-order valence-electron chi connectivity index (χ4n) is 1.26. The highest BCUT2D eigenvalue weighted by Gasteiger charge is 2.03. The van der Waals surface area contributed by atoms with E-state index in [4.69, 9.17) is 16.3 Å². The molecule has 0 fully saturated rings. The van der Waals surface area contributed by atoms with E-state index in [9.17, 15) is 4.79 Å². The molecule has 0 N–H and O–H groups in total. The molecular weight excluding hydrogens is 216 g/mol. The van der Waals surface area contributed by atoms with Crippen molar-refractivity contribution in [3.8, 4) is 0 Å². The standard InChI is InChI=1S/C10H9ClN2O2/c1-7(14)15-6-9-5-13-4-8(11)2-3-10(13)12-9/h2-5H,6H2,1H3. The van der Waals surface area contributed by atoms with Crippen LogP contribution in [0, 0.1) is 0 Å². The van der Waals surface area contributed by atoms with Gasteiger partial charge in [-0.25, -0.2) is 4.98 Å². The molecule has 0 aliphatic rings. The molecule has 0 aromatic carbocycles. The lowest BCUT2D eigenvalue weighted by Crippen LogP contribution is -1.98. The van der Waals surface area contributed by atoms with E-state index >= 15 is 0 Å². The third-order valence-corrected chi connectivity index (χ3v) is 2.11. The van der Waals surface area contributed by atoms with Crippen molar-refractivity contribution in [1.82, 2.24) is 9.38 Å². The van der Waals surface area contributed by atoms with E-state index in [1.807, 2.05) is 0 Å². The number of fused-ring (bicyclic) bond motifs is 1. The van der Waals surface area contributed by atoms with Crippen molar-refractivity contribution in [3.05, 3.63) is 35.2 Å². The Morgan fingerprint density at radius 1 is 1.53 bits per heavy atom. The van der Waals surface area contributed by atoms with E-state index in [1.54, 1.807) is 28.9 Å². The van der Waals surface area contributed by atoms with Crippen LogP contribution < -0.4 is 0 Å². The maximum Gasteiger partial charge on any atom is 0.303 e. The number of halogens is 1. The number of aromatic nitrogens is 2. The van der Waals surface area contributed by atoms with Crippen molar-refractivity contribution in [2.75, 3.05) is 0 Å². The van der Waals surface area contributed by atoms with Crippen molar-refractivity contribution in [3.63, 3.8) is 0 Å². The van der Waals surface area contributed by atoms with E-state index < -0.39 is 0 Å². The number of imidazole rings is 1. The Kier molecular flexibility index (Phi) is 2.60. The summed E-state index contributed by atoms with van der Waals surface area (Å²) in [6.07, 6.45) is 3.53. The lowest BCUT2D eigenvalue weighted by molar-refractivity contribution is -0.142. The fraction of sp³-hybridized carbons (Fsp3) is 0.200. The molecule has 4 nitrogen and oxygen atoms in total. The minimum Gasteiger partial charge on any atom is -0.459 e. The molecule has 0 radical (unpaired) electrons. The number of pyridine rings is 1. The van der Waals surface area contributed by atoms with Gasteiger partial charge >= 0.3 is 5.97 Å². The van der Waals surface area contributed by atoms with Gasteiger partial charge in [0.15, 0.2) is 0 Å². The molecular formula is C10H9ClN2O2. The van der Waals surface area contributed by atoms with Gasteiger partial charge in [0.1, 0.15) is 12.3 Å². The molecule has 15 heavy (non-hydrogen) atoms. The van der Waals surface area contributed by atoms with Crippen molar-refractivity contribution in [1.29, 1.82) is 0 Å². The SMILES string of the molecule is CC(=O)OCc1cn2cc(Cl)ccc2n1. The molecule has 2 rings (SSSR count). The van der Waals surface area contributed by atoms with Crippen LogP contribution in [0.25, 0.3) is 5.65 Å². The monoisotopic (exact) mass is 224 g/mol. The summed E-state index contributed by atoms with van der Waals surface area (Å²) in [6, 6.07) is 3.57. The molecule has 5 heteroatoms. The summed E-state index contributed by atoms with van der Waals surface area (Å²) in [6.45, 7) is 1.56. The number of carbonyl (C=O) groups excluding carboxylic acids is 1. The maximum absolute atomic E-state index is 10.6. The highest BCUT2D eigenvalue weighted by molar-refractivity contribution is 6.30. The van der Waals surface area contributed by atoms with Crippen LogP contribution in [0.3, 0.4) is 0 Å². The Bertz CT molecular complexity index is 507. The third-order valence-electron chi connectivity index (χ3n) is 1.89. The van der Waals surface area contributed by atoms with Crippen LogP contribution in [-0.2, 0) is 16.1 Å². The second-order valence-corrected chi connectivity index (χ2v) is 3.56. The Morgan fingerprint density at radius 2 is 2.33 bits per heavy atom. The van der Waals surface area contributed by atoms with Crippen LogP contribution in [0.5, 0.6) is 0 Å². The predicted molar refractivity (Wildman–Crippen MR) is 55.7 cm³/mol. The molecule has 0 saturated heterocycles. The summed E-state index contributed by atoms with van der Waals surface area (Å²) in [5.74, 6) is -0.315. The van der Waals surface area contributed by atoms with Crippen LogP contribution in [0.4, 0.5) is 0 Å². The van der Waals surface area contributed by atoms with Crippen LogP contribution in [0.15, 0.2) is 24.5 Å². The van der Waals surface area contributed by atoms with E-state index in [1.165, 1.54) is 6.92 Å². The van der Waals surface area contributed by atoms with Gasteiger partial charge in [0.25, 0.3) is 0 Å². The highest BCUT2D eigenvalue weighted by atomic mass is 35.5. The number of ether oxygens (including phenoxy) is 1. The van der Waals surface area contributed by atoms with Crippen molar-refractivity contribution < 1.29 is 9.53 Å². The average Bonchev–Trinajstić information content (AvgIpc) is 2.56. The predicted octanol–water partition coefficient (Wildman–Crippen LogP) is 2.05. The topological polar surface area (TPSA) is 43.6 Å². The lowest BCUT2D eigenvalue weighted by atomic mass is 10.5. The Morgan fingerprint density at radius 3 is 3.07 bits per heavy atom. The first-order valence-corrected chi connectivity index (χ1v) is 4.79. The first-order chi connectivity index (χ1) is 7.15. The largest absolute Gasteiger partial charge is 0.459 e. The Balaban J connectivity index is 2.27. The molecule has 0 spiro atoms. The zero-order chi connectivity index (χ0) is 10.8. The zero-order valence-corrected chi connectivity index (χ0v) is 8.86. The molecule has 2 heterocycles. The number of rotatable bonds is 2. The lowest BCUT2D eigenvalue weighted by Gasteiger charge is -1.95. The molecule has 78 valence electrons. The van der Waals surface area contributed by atoms with Gasteiger partial charge < -0.3 is 9.14 Å². The Hall–Kier alpha value is -1.55. The van der Waals surface area contributed by atoms with Gasteiger partial charge in [0, 0.05) is 19.3 Å². The number of esters is 1. The smallest absolute Gasteiger partial charge is 0.303 e. The normalized spacial score (nSPS) is 10.5. The first-order valence-electron chi connectivity index (χ1n) is 4.41. The summed E-state index contributed by atoms with van der Waals surface area (Å²) in [5, 5.41) is 0.638. The van der Waals surface area contributed by atoms with E-state index in [-0.39, 0.29) is 12.6 Å².